The number of nitrogens with one attached hydrogen (secondary N) is 2. The molecule has 5 heteroatoms. The van der Waals surface area contributed by atoms with Crippen LogP contribution >= 0.6 is 11.6 Å². The second-order valence-electron chi connectivity index (χ2n) is 5.70. The molecule has 0 aliphatic heterocycles. The van der Waals surface area contributed by atoms with Crippen molar-refractivity contribution in [1.29, 1.82) is 0 Å². The molecule has 1 aliphatic rings. The summed E-state index contributed by atoms with van der Waals surface area (Å²) in [7, 11) is 0. The van der Waals surface area contributed by atoms with Crippen LogP contribution in [-0.4, -0.2) is 17.9 Å². The number of rotatable bonds is 5. The van der Waals surface area contributed by atoms with Gasteiger partial charge in [-0.1, -0.05) is 23.7 Å². The van der Waals surface area contributed by atoms with E-state index in [0.717, 1.165) is 18.4 Å². The Morgan fingerprint density at radius 2 is 1.67 bits per heavy atom. The fraction of sp³-hybridized carbons (Fsp3) is 0.158. The molecule has 24 heavy (non-hydrogen) atoms. The summed E-state index contributed by atoms with van der Waals surface area (Å²) >= 11 is 5.82. The van der Waals surface area contributed by atoms with Crippen molar-refractivity contribution in [2.75, 3.05) is 5.32 Å². The van der Waals surface area contributed by atoms with Gasteiger partial charge in [-0.15, -0.1) is 0 Å². The van der Waals surface area contributed by atoms with Gasteiger partial charge in [-0.05, 0) is 60.9 Å². The molecule has 0 unspecified atom stereocenters. The molecule has 3 rings (SSSR count). The van der Waals surface area contributed by atoms with Crippen LogP contribution in [0.5, 0.6) is 0 Å². The Morgan fingerprint density at radius 1 is 1.00 bits per heavy atom. The second-order valence-corrected chi connectivity index (χ2v) is 6.14. The minimum Gasteiger partial charge on any atom is -0.349 e. The monoisotopic (exact) mass is 340 g/mol. The molecule has 4 nitrogen and oxygen atoms in total. The SMILES string of the molecule is O=C(/C=C/c1ccc(Cl)cc1)Nc1ccc(C(=O)NC2CC2)cc1. The van der Waals surface area contributed by atoms with Crippen LogP contribution in [0.2, 0.25) is 5.02 Å². The molecule has 0 heterocycles. The third kappa shape index (κ3) is 4.70. The number of benzene rings is 2. The highest BCUT2D eigenvalue weighted by Crippen LogP contribution is 2.19. The van der Waals surface area contributed by atoms with Crippen LogP contribution in [-0.2, 0) is 4.79 Å². The molecule has 0 atom stereocenters. The van der Waals surface area contributed by atoms with Gasteiger partial charge in [0.25, 0.3) is 5.91 Å². The summed E-state index contributed by atoms with van der Waals surface area (Å²) in [5.74, 6) is -0.307. The van der Waals surface area contributed by atoms with E-state index in [-0.39, 0.29) is 11.8 Å². The topological polar surface area (TPSA) is 58.2 Å². The van der Waals surface area contributed by atoms with E-state index in [9.17, 15) is 9.59 Å². The van der Waals surface area contributed by atoms with Gasteiger partial charge >= 0.3 is 0 Å². The molecular weight excluding hydrogens is 324 g/mol. The maximum absolute atomic E-state index is 11.9. The molecule has 122 valence electrons. The predicted molar refractivity (Wildman–Crippen MR) is 96.0 cm³/mol. The number of carbonyl (C=O) groups excluding carboxylic acids is 2. The van der Waals surface area contributed by atoms with Crippen LogP contribution in [0.4, 0.5) is 5.69 Å². The normalized spacial score (nSPS) is 13.7. The van der Waals surface area contributed by atoms with E-state index in [4.69, 9.17) is 11.6 Å². The van der Waals surface area contributed by atoms with Gasteiger partial charge in [0, 0.05) is 28.4 Å². The Hall–Kier alpha value is -2.59. The van der Waals surface area contributed by atoms with Crippen molar-refractivity contribution in [3.8, 4) is 0 Å². The van der Waals surface area contributed by atoms with Crippen molar-refractivity contribution >= 4 is 35.2 Å². The summed E-state index contributed by atoms with van der Waals surface area (Å²) in [6, 6.07) is 14.4. The second kappa shape index (κ2) is 7.32. The van der Waals surface area contributed by atoms with E-state index >= 15 is 0 Å². The molecule has 0 radical (unpaired) electrons. The van der Waals surface area contributed by atoms with Crippen molar-refractivity contribution < 1.29 is 9.59 Å². The van der Waals surface area contributed by atoms with Crippen molar-refractivity contribution in [2.45, 2.75) is 18.9 Å². The van der Waals surface area contributed by atoms with Crippen LogP contribution in [0.1, 0.15) is 28.8 Å². The van der Waals surface area contributed by atoms with Crippen LogP contribution in [0.25, 0.3) is 6.08 Å². The first kappa shape index (κ1) is 16.3. The van der Waals surface area contributed by atoms with Gasteiger partial charge in [0.1, 0.15) is 0 Å². The quantitative estimate of drug-likeness (QED) is 0.811. The number of anilines is 1. The summed E-state index contributed by atoms with van der Waals surface area (Å²) in [6.45, 7) is 0. The number of amides is 2. The molecule has 2 aromatic rings. The van der Waals surface area contributed by atoms with Crippen molar-refractivity contribution in [2.24, 2.45) is 0 Å². The summed E-state index contributed by atoms with van der Waals surface area (Å²) in [6.07, 6.45) is 5.28. The van der Waals surface area contributed by atoms with E-state index in [1.807, 2.05) is 12.1 Å². The lowest BCUT2D eigenvalue weighted by atomic mass is 10.2. The molecule has 1 fully saturated rings. The smallest absolute Gasteiger partial charge is 0.251 e. The fourth-order valence-corrected chi connectivity index (χ4v) is 2.26. The minimum absolute atomic E-state index is 0.0713. The highest BCUT2D eigenvalue weighted by Gasteiger charge is 2.23. The van der Waals surface area contributed by atoms with E-state index in [1.54, 1.807) is 42.5 Å². The predicted octanol–water partition coefficient (Wildman–Crippen LogP) is 3.88. The Balaban J connectivity index is 1.55. The highest BCUT2D eigenvalue weighted by atomic mass is 35.5. The highest BCUT2D eigenvalue weighted by molar-refractivity contribution is 6.30. The average Bonchev–Trinajstić information content (AvgIpc) is 3.39. The van der Waals surface area contributed by atoms with Crippen molar-refractivity contribution in [3.63, 3.8) is 0 Å². The molecule has 0 bridgehead atoms. The van der Waals surface area contributed by atoms with Gasteiger partial charge < -0.3 is 10.6 Å². The number of hydrogen-bond acceptors (Lipinski definition) is 2. The molecule has 2 amide bonds. The average molecular weight is 341 g/mol. The zero-order valence-electron chi connectivity index (χ0n) is 13.0. The summed E-state index contributed by atoms with van der Waals surface area (Å²) in [5.41, 5.74) is 2.13. The van der Waals surface area contributed by atoms with Crippen LogP contribution in [0.15, 0.2) is 54.6 Å². The van der Waals surface area contributed by atoms with Gasteiger partial charge in [0.05, 0.1) is 0 Å². The third-order valence-electron chi connectivity index (χ3n) is 3.62. The lowest BCUT2D eigenvalue weighted by Gasteiger charge is -2.05. The van der Waals surface area contributed by atoms with Gasteiger partial charge in [-0.2, -0.15) is 0 Å². The number of carbonyl (C=O) groups is 2. The van der Waals surface area contributed by atoms with Crippen LogP contribution in [0.3, 0.4) is 0 Å². The molecule has 1 aliphatic carbocycles. The lowest BCUT2D eigenvalue weighted by Crippen LogP contribution is -2.25. The molecule has 1 saturated carbocycles. The molecule has 0 aromatic heterocycles. The first-order valence-electron chi connectivity index (χ1n) is 7.76. The Labute approximate surface area is 145 Å². The maximum atomic E-state index is 11.9. The minimum atomic E-state index is -0.236. The molecular formula is C19H17ClN2O2. The lowest BCUT2D eigenvalue weighted by molar-refractivity contribution is -0.111. The van der Waals surface area contributed by atoms with Gasteiger partial charge in [0.15, 0.2) is 0 Å². The van der Waals surface area contributed by atoms with Gasteiger partial charge in [0.2, 0.25) is 5.91 Å². The van der Waals surface area contributed by atoms with Crippen LogP contribution < -0.4 is 10.6 Å². The molecule has 2 aromatic carbocycles. The fourth-order valence-electron chi connectivity index (χ4n) is 2.13. The number of halogens is 1. The molecule has 0 spiro atoms. The first-order valence-corrected chi connectivity index (χ1v) is 8.13. The van der Waals surface area contributed by atoms with Crippen LogP contribution in [0, 0.1) is 0 Å². The summed E-state index contributed by atoms with van der Waals surface area (Å²) < 4.78 is 0. The van der Waals surface area contributed by atoms with E-state index in [2.05, 4.69) is 10.6 Å². The number of hydrogen-bond donors (Lipinski definition) is 2. The van der Waals surface area contributed by atoms with Crippen molar-refractivity contribution in [1.82, 2.24) is 5.32 Å². The van der Waals surface area contributed by atoms with E-state index in [1.165, 1.54) is 6.08 Å². The standard InChI is InChI=1S/C19H17ClN2O2/c20-15-6-1-13(2-7-15)3-12-18(23)21-16-8-4-14(5-9-16)19(24)22-17-10-11-17/h1-9,12,17H,10-11H2,(H,21,23)(H,22,24)/b12-3+. The Bertz CT molecular complexity index is 763. The Morgan fingerprint density at radius 3 is 2.29 bits per heavy atom. The van der Waals surface area contributed by atoms with Gasteiger partial charge in [-0.3, -0.25) is 9.59 Å². The van der Waals surface area contributed by atoms with E-state index in [0.29, 0.717) is 22.3 Å². The van der Waals surface area contributed by atoms with Gasteiger partial charge in [-0.25, -0.2) is 0 Å². The summed E-state index contributed by atoms with van der Waals surface area (Å²) in [4.78, 5) is 23.8. The Kier molecular flexibility index (Phi) is 4.96. The molecule has 0 saturated heterocycles. The zero-order chi connectivity index (χ0) is 16.9. The molecule has 2 N–H and O–H groups in total. The zero-order valence-corrected chi connectivity index (χ0v) is 13.7. The van der Waals surface area contributed by atoms with Crippen molar-refractivity contribution in [3.05, 3.63) is 70.8 Å². The maximum Gasteiger partial charge on any atom is 0.251 e. The largest absolute Gasteiger partial charge is 0.349 e. The van der Waals surface area contributed by atoms with E-state index < -0.39 is 0 Å². The third-order valence-corrected chi connectivity index (χ3v) is 3.88. The summed E-state index contributed by atoms with van der Waals surface area (Å²) in [5, 5.41) is 6.34. The first-order chi connectivity index (χ1) is 11.6.